The number of nitrogens with one attached hydrogen (secondary N) is 1. The van der Waals surface area contributed by atoms with E-state index in [1.807, 2.05) is 30.3 Å². The standard InChI is InChI=1S/C15H11BrFN3/c16-11-7-13(18)15(8-12(11)17)20-10-3-4-14-9(6-10)2-1-5-19-14/h1-8,20H,18H2. The summed E-state index contributed by atoms with van der Waals surface area (Å²) in [5, 5.41) is 4.13. The quantitative estimate of drug-likeness (QED) is 0.681. The first-order valence-corrected chi connectivity index (χ1v) is 6.79. The van der Waals surface area contributed by atoms with Crippen molar-refractivity contribution in [2.24, 2.45) is 0 Å². The van der Waals surface area contributed by atoms with Crippen LogP contribution in [0.3, 0.4) is 0 Å². The molecule has 1 heterocycles. The lowest BCUT2D eigenvalue weighted by atomic mass is 10.2. The van der Waals surface area contributed by atoms with Crippen molar-refractivity contribution >= 4 is 43.9 Å². The molecule has 0 saturated carbocycles. The summed E-state index contributed by atoms with van der Waals surface area (Å²) in [6.07, 6.45) is 1.75. The third-order valence-electron chi connectivity index (χ3n) is 2.97. The van der Waals surface area contributed by atoms with E-state index in [-0.39, 0.29) is 5.82 Å². The summed E-state index contributed by atoms with van der Waals surface area (Å²) in [5.41, 5.74) is 8.63. The number of nitrogens with zero attached hydrogens (tertiary/aromatic N) is 1. The highest BCUT2D eigenvalue weighted by Crippen LogP contribution is 2.29. The molecule has 0 fully saturated rings. The second-order valence-corrected chi connectivity index (χ2v) is 5.24. The van der Waals surface area contributed by atoms with Gasteiger partial charge in [-0.25, -0.2) is 4.39 Å². The van der Waals surface area contributed by atoms with Crippen LogP contribution in [-0.2, 0) is 0 Å². The number of nitrogens with two attached hydrogens (primary N) is 1. The van der Waals surface area contributed by atoms with E-state index in [0.717, 1.165) is 16.6 Å². The van der Waals surface area contributed by atoms with E-state index in [0.29, 0.717) is 15.8 Å². The molecular formula is C15H11BrFN3. The van der Waals surface area contributed by atoms with Crippen molar-refractivity contribution in [3.8, 4) is 0 Å². The average molecular weight is 332 g/mol. The summed E-state index contributed by atoms with van der Waals surface area (Å²) in [4.78, 5) is 4.25. The fourth-order valence-corrected chi connectivity index (χ4v) is 2.34. The van der Waals surface area contributed by atoms with E-state index < -0.39 is 0 Å². The van der Waals surface area contributed by atoms with Gasteiger partial charge in [0.25, 0.3) is 0 Å². The van der Waals surface area contributed by atoms with Crippen molar-refractivity contribution in [3.63, 3.8) is 0 Å². The first kappa shape index (κ1) is 12.9. The molecule has 0 aliphatic heterocycles. The van der Waals surface area contributed by atoms with Gasteiger partial charge in [0.2, 0.25) is 0 Å². The van der Waals surface area contributed by atoms with Crippen LogP contribution in [0.5, 0.6) is 0 Å². The van der Waals surface area contributed by atoms with Crippen molar-refractivity contribution in [1.29, 1.82) is 0 Å². The highest BCUT2D eigenvalue weighted by Gasteiger charge is 2.06. The van der Waals surface area contributed by atoms with Gasteiger partial charge < -0.3 is 11.1 Å². The van der Waals surface area contributed by atoms with Crippen LogP contribution in [0.1, 0.15) is 0 Å². The van der Waals surface area contributed by atoms with Crippen LogP contribution in [0.25, 0.3) is 10.9 Å². The van der Waals surface area contributed by atoms with Gasteiger partial charge in [0.1, 0.15) is 5.82 Å². The molecule has 0 spiro atoms. The lowest BCUT2D eigenvalue weighted by Crippen LogP contribution is -1.98. The number of rotatable bonds is 2. The van der Waals surface area contributed by atoms with Crippen LogP contribution in [-0.4, -0.2) is 4.98 Å². The second-order valence-electron chi connectivity index (χ2n) is 4.39. The van der Waals surface area contributed by atoms with Gasteiger partial charge in [-0.2, -0.15) is 0 Å². The summed E-state index contributed by atoms with van der Waals surface area (Å²) in [5.74, 6) is -0.357. The predicted octanol–water partition coefficient (Wildman–Crippen LogP) is 4.46. The Hall–Kier alpha value is -2.14. The van der Waals surface area contributed by atoms with E-state index in [2.05, 4.69) is 26.2 Å². The summed E-state index contributed by atoms with van der Waals surface area (Å²) in [7, 11) is 0. The zero-order valence-corrected chi connectivity index (χ0v) is 12.0. The van der Waals surface area contributed by atoms with Crippen LogP contribution in [0.2, 0.25) is 0 Å². The highest BCUT2D eigenvalue weighted by molar-refractivity contribution is 9.10. The van der Waals surface area contributed by atoms with E-state index in [4.69, 9.17) is 5.73 Å². The van der Waals surface area contributed by atoms with Gasteiger partial charge in [0, 0.05) is 23.3 Å². The number of halogens is 2. The van der Waals surface area contributed by atoms with Gasteiger partial charge in [-0.15, -0.1) is 0 Å². The zero-order chi connectivity index (χ0) is 14.1. The van der Waals surface area contributed by atoms with Gasteiger partial charge in [-0.05, 0) is 46.3 Å². The molecule has 3 aromatic rings. The Kier molecular flexibility index (Phi) is 3.28. The molecule has 0 radical (unpaired) electrons. The molecule has 3 nitrogen and oxygen atoms in total. The van der Waals surface area contributed by atoms with Crippen molar-refractivity contribution in [3.05, 3.63) is 59.0 Å². The van der Waals surface area contributed by atoms with Gasteiger partial charge in [-0.1, -0.05) is 6.07 Å². The summed E-state index contributed by atoms with van der Waals surface area (Å²) in [6, 6.07) is 12.5. The molecule has 0 atom stereocenters. The number of hydrogen-bond acceptors (Lipinski definition) is 3. The summed E-state index contributed by atoms with van der Waals surface area (Å²) >= 11 is 3.11. The minimum atomic E-state index is -0.357. The third-order valence-corrected chi connectivity index (χ3v) is 3.58. The van der Waals surface area contributed by atoms with E-state index in [1.54, 1.807) is 12.3 Å². The van der Waals surface area contributed by atoms with Crippen molar-refractivity contribution in [2.75, 3.05) is 11.1 Å². The number of nitrogen functional groups attached to an aromatic ring is 1. The predicted molar refractivity (Wildman–Crippen MR) is 83.5 cm³/mol. The Morgan fingerprint density at radius 1 is 1.15 bits per heavy atom. The SMILES string of the molecule is Nc1cc(Br)c(F)cc1Nc1ccc2ncccc2c1. The van der Waals surface area contributed by atoms with Crippen molar-refractivity contribution in [1.82, 2.24) is 4.98 Å². The number of aromatic nitrogens is 1. The van der Waals surface area contributed by atoms with Crippen molar-refractivity contribution in [2.45, 2.75) is 0 Å². The Bertz CT molecular complexity index is 789. The Balaban J connectivity index is 1.99. The molecule has 0 bridgehead atoms. The smallest absolute Gasteiger partial charge is 0.139 e. The molecule has 1 aromatic heterocycles. The van der Waals surface area contributed by atoms with E-state index >= 15 is 0 Å². The lowest BCUT2D eigenvalue weighted by molar-refractivity contribution is 0.622. The van der Waals surface area contributed by atoms with E-state index in [9.17, 15) is 4.39 Å². The molecule has 0 amide bonds. The molecule has 0 aliphatic carbocycles. The number of pyridine rings is 1. The van der Waals surface area contributed by atoms with Crippen LogP contribution in [0, 0.1) is 5.82 Å². The molecule has 3 N–H and O–H groups in total. The van der Waals surface area contributed by atoms with Gasteiger partial charge in [-0.3, -0.25) is 4.98 Å². The van der Waals surface area contributed by atoms with Crippen LogP contribution in [0.15, 0.2) is 53.1 Å². The Labute approximate surface area is 123 Å². The first-order chi connectivity index (χ1) is 9.63. The number of anilines is 3. The highest BCUT2D eigenvalue weighted by atomic mass is 79.9. The molecule has 0 aliphatic rings. The molecular weight excluding hydrogens is 321 g/mol. The van der Waals surface area contributed by atoms with Crippen LogP contribution < -0.4 is 11.1 Å². The fourth-order valence-electron chi connectivity index (χ4n) is 1.98. The molecule has 20 heavy (non-hydrogen) atoms. The minimum absolute atomic E-state index is 0.350. The molecule has 3 rings (SSSR count). The molecule has 0 unspecified atom stereocenters. The lowest BCUT2D eigenvalue weighted by Gasteiger charge is -2.11. The second kappa shape index (κ2) is 5.09. The summed E-state index contributed by atoms with van der Waals surface area (Å²) in [6.45, 7) is 0. The van der Waals surface area contributed by atoms with Crippen molar-refractivity contribution < 1.29 is 4.39 Å². The number of fused-ring (bicyclic) bond motifs is 1. The minimum Gasteiger partial charge on any atom is -0.397 e. The topological polar surface area (TPSA) is 50.9 Å². The average Bonchev–Trinajstić information content (AvgIpc) is 2.44. The molecule has 5 heteroatoms. The largest absolute Gasteiger partial charge is 0.397 e. The van der Waals surface area contributed by atoms with Gasteiger partial charge in [0.15, 0.2) is 0 Å². The maximum Gasteiger partial charge on any atom is 0.139 e. The first-order valence-electron chi connectivity index (χ1n) is 6.00. The normalized spacial score (nSPS) is 10.7. The summed E-state index contributed by atoms with van der Waals surface area (Å²) < 4.78 is 13.9. The third kappa shape index (κ3) is 2.44. The molecule has 2 aromatic carbocycles. The van der Waals surface area contributed by atoms with Crippen LogP contribution in [0.4, 0.5) is 21.5 Å². The zero-order valence-electron chi connectivity index (χ0n) is 10.4. The van der Waals surface area contributed by atoms with E-state index in [1.165, 1.54) is 6.07 Å². The monoisotopic (exact) mass is 331 g/mol. The number of hydrogen-bond donors (Lipinski definition) is 2. The number of benzene rings is 2. The fraction of sp³-hybridized carbons (Fsp3) is 0. The Morgan fingerprint density at radius 2 is 2.00 bits per heavy atom. The maximum atomic E-state index is 13.6. The van der Waals surface area contributed by atoms with Gasteiger partial charge in [0.05, 0.1) is 21.4 Å². The van der Waals surface area contributed by atoms with Gasteiger partial charge >= 0.3 is 0 Å². The molecule has 100 valence electrons. The maximum absolute atomic E-state index is 13.6. The van der Waals surface area contributed by atoms with Crippen LogP contribution >= 0.6 is 15.9 Å². The molecule has 0 saturated heterocycles. The Morgan fingerprint density at radius 3 is 2.85 bits per heavy atom.